The fourth-order valence-electron chi connectivity index (χ4n) is 4.78. The van der Waals surface area contributed by atoms with Crippen molar-refractivity contribution >= 4 is 23.1 Å². The van der Waals surface area contributed by atoms with E-state index < -0.39 is 17.7 Å². The van der Waals surface area contributed by atoms with Crippen LogP contribution in [0, 0.1) is 13.8 Å². The van der Waals surface area contributed by atoms with Crippen molar-refractivity contribution in [3.63, 3.8) is 0 Å². The topological polar surface area (TPSA) is 76.1 Å². The van der Waals surface area contributed by atoms with Gasteiger partial charge in [0.25, 0.3) is 11.7 Å². The first-order chi connectivity index (χ1) is 17.2. The minimum absolute atomic E-state index is 0.0456. The van der Waals surface area contributed by atoms with E-state index in [1.165, 1.54) is 4.90 Å². The SMILES string of the molecule is COc1ccc(C2/C(=C(/O)c3ccc(OC)c(C(C)C)c3)C(=O)C(=O)N2c2cc(C)cc(C)c2)cc1. The smallest absolute Gasteiger partial charge is 0.300 e. The molecule has 6 heteroatoms. The molecule has 0 radical (unpaired) electrons. The predicted octanol–water partition coefficient (Wildman–Crippen LogP) is 6.07. The van der Waals surface area contributed by atoms with Gasteiger partial charge >= 0.3 is 0 Å². The Hall–Kier alpha value is -4.06. The second-order valence-electron chi connectivity index (χ2n) is 9.40. The first-order valence-corrected chi connectivity index (χ1v) is 11.9. The molecule has 6 nitrogen and oxygen atoms in total. The molecule has 1 unspecified atom stereocenters. The number of amides is 1. The fraction of sp³-hybridized carbons (Fsp3) is 0.267. The molecule has 3 aromatic rings. The molecule has 1 aliphatic rings. The maximum Gasteiger partial charge on any atom is 0.300 e. The summed E-state index contributed by atoms with van der Waals surface area (Å²) >= 11 is 0. The van der Waals surface area contributed by atoms with Crippen LogP contribution in [0.3, 0.4) is 0 Å². The number of carbonyl (C=O) groups is 2. The molecule has 0 bridgehead atoms. The van der Waals surface area contributed by atoms with Crippen LogP contribution >= 0.6 is 0 Å². The van der Waals surface area contributed by atoms with Crippen LogP contribution < -0.4 is 14.4 Å². The van der Waals surface area contributed by atoms with Crippen LogP contribution in [0.15, 0.2) is 66.2 Å². The molecule has 0 saturated carbocycles. The van der Waals surface area contributed by atoms with Crippen LogP contribution in [-0.2, 0) is 9.59 Å². The molecule has 36 heavy (non-hydrogen) atoms. The van der Waals surface area contributed by atoms with Gasteiger partial charge in [-0.1, -0.05) is 32.0 Å². The van der Waals surface area contributed by atoms with Crippen molar-refractivity contribution in [2.45, 2.75) is 39.7 Å². The zero-order valence-electron chi connectivity index (χ0n) is 21.5. The lowest BCUT2D eigenvalue weighted by atomic mass is 9.93. The van der Waals surface area contributed by atoms with Gasteiger partial charge in [-0.05, 0) is 84.5 Å². The van der Waals surface area contributed by atoms with Crippen LogP contribution in [-0.4, -0.2) is 31.0 Å². The van der Waals surface area contributed by atoms with Gasteiger partial charge in [-0.3, -0.25) is 14.5 Å². The molecule has 3 aromatic carbocycles. The summed E-state index contributed by atoms with van der Waals surface area (Å²) in [6.07, 6.45) is 0. The van der Waals surface area contributed by atoms with Crippen molar-refractivity contribution in [1.29, 1.82) is 0 Å². The van der Waals surface area contributed by atoms with E-state index >= 15 is 0 Å². The van der Waals surface area contributed by atoms with Gasteiger partial charge in [0, 0.05) is 11.3 Å². The summed E-state index contributed by atoms with van der Waals surface area (Å²) in [5.41, 5.74) is 4.63. The number of methoxy groups -OCH3 is 2. The lowest BCUT2D eigenvalue weighted by molar-refractivity contribution is -0.132. The number of benzene rings is 3. The van der Waals surface area contributed by atoms with E-state index in [0.717, 1.165) is 16.7 Å². The molecule has 1 heterocycles. The van der Waals surface area contributed by atoms with Crippen LogP contribution in [0.5, 0.6) is 11.5 Å². The summed E-state index contributed by atoms with van der Waals surface area (Å²) in [4.78, 5) is 28.4. The average Bonchev–Trinajstić information content (AvgIpc) is 3.12. The van der Waals surface area contributed by atoms with E-state index in [-0.39, 0.29) is 17.3 Å². The molecule has 1 fully saturated rings. The summed E-state index contributed by atoms with van der Waals surface area (Å²) < 4.78 is 10.8. The van der Waals surface area contributed by atoms with Crippen LogP contribution in [0.2, 0.25) is 0 Å². The van der Waals surface area contributed by atoms with Crippen LogP contribution in [0.25, 0.3) is 5.76 Å². The molecule has 0 spiro atoms. The number of aryl methyl sites for hydroxylation is 2. The standard InChI is InChI=1S/C30H31NO5/c1-17(2)24-16-21(9-12-25(24)36-6)28(32)26-27(20-7-10-23(35-5)11-8-20)31(30(34)29(26)33)22-14-18(3)13-19(4)15-22/h7-17,27,32H,1-6H3/b28-26-. The zero-order chi connectivity index (χ0) is 26.1. The average molecular weight is 486 g/mol. The minimum Gasteiger partial charge on any atom is -0.507 e. The monoisotopic (exact) mass is 485 g/mol. The van der Waals surface area contributed by atoms with E-state index in [1.807, 2.05) is 64.1 Å². The number of anilines is 1. The number of ether oxygens (including phenoxy) is 2. The summed E-state index contributed by atoms with van der Waals surface area (Å²) in [6.45, 7) is 7.94. The third-order valence-electron chi connectivity index (χ3n) is 6.49. The van der Waals surface area contributed by atoms with Gasteiger partial charge < -0.3 is 14.6 Å². The third-order valence-corrected chi connectivity index (χ3v) is 6.49. The highest BCUT2D eigenvalue weighted by molar-refractivity contribution is 6.51. The number of Topliss-reactive ketones (excluding diaryl/α,β-unsaturated/α-hetero) is 1. The van der Waals surface area contributed by atoms with E-state index in [2.05, 4.69) is 0 Å². The molecule has 1 amide bonds. The molecule has 0 aliphatic carbocycles. The van der Waals surface area contributed by atoms with Crippen molar-refractivity contribution in [1.82, 2.24) is 0 Å². The van der Waals surface area contributed by atoms with E-state index in [1.54, 1.807) is 38.5 Å². The van der Waals surface area contributed by atoms with Gasteiger partial charge in [0.2, 0.25) is 0 Å². The fourth-order valence-corrected chi connectivity index (χ4v) is 4.78. The molecule has 4 rings (SSSR count). The maximum absolute atomic E-state index is 13.5. The van der Waals surface area contributed by atoms with E-state index in [9.17, 15) is 14.7 Å². The number of nitrogens with zero attached hydrogens (tertiary/aromatic N) is 1. The van der Waals surface area contributed by atoms with Gasteiger partial charge in [0.1, 0.15) is 17.3 Å². The highest BCUT2D eigenvalue weighted by atomic mass is 16.5. The Morgan fingerprint density at radius 1 is 0.889 bits per heavy atom. The number of ketones is 1. The van der Waals surface area contributed by atoms with Crippen molar-refractivity contribution < 1.29 is 24.2 Å². The van der Waals surface area contributed by atoms with Gasteiger partial charge in [0.15, 0.2) is 0 Å². The lowest BCUT2D eigenvalue weighted by Crippen LogP contribution is -2.29. The zero-order valence-corrected chi connectivity index (χ0v) is 21.5. The Morgan fingerprint density at radius 3 is 2.08 bits per heavy atom. The summed E-state index contributed by atoms with van der Waals surface area (Å²) in [7, 11) is 3.17. The molecule has 1 atom stereocenters. The Morgan fingerprint density at radius 2 is 1.53 bits per heavy atom. The molecule has 1 saturated heterocycles. The quantitative estimate of drug-likeness (QED) is 0.261. The molecule has 1 N–H and O–H groups in total. The second kappa shape index (κ2) is 9.90. The third kappa shape index (κ3) is 4.47. The lowest BCUT2D eigenvalue weighted by Gasteiger charge is -2.26. The Bertz CT molecular complexity index is 1330. The molecule has 0 aromatic heterocycles. The van der Waals surface area contributed by atoms with Gasteiger partial charge in [-0.25, -0.2) is 0 Å². The largest absolute Gasteiger partial charge is 0.507 e. The Balaban J connectivity index is 1.96. The molecular weight excluding hydrogens is 454 g/mol. The Labute approximate surface area is 211 Å². The first-order valence-electron chi connectivity index (χ1n) is 11.9. The van der Waals surface area contributed by atoms with Gasteiger partial charge in [-0.15, -0.1) is 0 Å². The number of rotatable bonds is 6. The molecule has 186 valence electrons. The summed E-state index contributed by atoms with van der Waals surface area (Å²) in [5, 5.41) is 11.5. The van der Waals surface area contributed by atoms with E-state index in [4.69, 9.17) is 9.47 Å². The normalized spacial score (nSPS) is 17.1. The van der Waals surface area contributed by atoms with Crippen LogP contribution in [0.4, 0.5) is 5.69 Å². The van der Waals surface area contributed by atoms with Gasteiger partial charge in [-0.2, -0.15) is 0 Å². The maximum atomic E-state index is 13.5. The van der Waals surface area contributed by atoms with Crippen molar-refractivity contribution in [3.05, 3.63) is 94.1 Å². The van der Waals surface area contributed by atoms with Crippen molar-refractivity contribution in [2.75, 3.05) is 19.1 Å². The number of hydrogen-bond donors (Lipinski definition) is 1. The number of aliphatic hydroxyl groups excluding tert-OH is 1. The highest BCUT2D eigenvalue weighted by Crippen LogP contribution is 2.43. The summed E-state index contributed by atoms with van der Waals surface area (Å²) in [5.74, 6) is -0.148. The number of aliphatic hydroxyl groups is 1. The predicted molar refractivity (Wildman–Crippen MR) is 141 cm³/mol. The van der Waals surface area contributed by atoms with Crippen LogP contribution in [0.1, 0.15) is 53.6 Å². The minimum atomic E-state index is -0.804. The highest BCUT2D eigenvalue weighted by Gasteiger charge is 2.47. The molecule has 1 aliphatic heterocycles. The van der Waals surface area contributed by atoms with E-state index in [0.29, 0.717) is 28.3 Å². The number of hydrogen-bond acceptors (Lipinski definition) is 5. The first kappa shape index (κ1) is 25.0. The number of carbonyl (C=O) groups excluding carboxylic acids is 2. The van der Waals surface area contributed by atoms with Crippen molar-refractivity contribution in [3.8, 4) is 11.5 Å². The molecular formula is C30H31NO5. The Kier molecular flexibility index (Phi) is 6.88. The second-order valence-corrected chi connectivity index (χ2v) is 9.40. The van der Waals surface area contributed by atoms with Gasteiger partial charge in [0.05, 0.1) is 25.8 Å². The summed E-state index contributed by atoms with van der Waals surface area (Å²) in [6, 6.07) is 17.4. The van der Waals surface area contributed by atoms with Crippen molar-refractivity contribution in [2.24, 2.45) is 0 Å².